The molecule has 2 aliphatic heterocycles. The lowest BCUT2D eigenvalue weighted by Crippen LogP contribution is -2.47. The van der Waals surface area contributed by atoms with Crippen LogP contribution in [0.1, 0.15) is 44.8 Å². The number of likely N-dealkylation sites (tertiary alicyclic amines) is 1. The first-order chi connectivity index (χ1) is 14.1. The zero-order valence-corrected chi connectivity index (χ0v) is 17.6. The molecule has 0 radical (unpaired) electrons. The van der Waals surface area contributed by atoms with Crippen LogP contribution < -0.4 is 0 Å². The second-order valence-electron chi connectivity index (χ2n) is 7.69. The fourth-order valence-corrected chi connectivity index (χ4v) is 3.91. The van der Waals surface area contributed by atoms with Crippen molar-refractivity contribution in [3.63, 3.8) is 0 Å². The molecule has 162 valence electrons. The van der Waals surface area contributed by atoms with Crippen LogP contribution in [0, 0.1) is 5.92 Å². The van der Waals surface area contributed by atoms with E-state index in [1.54, 1.807) is 4.90 Å². The number of hydrogen-bond donors (Lipinski definition) is 0. The molecule has 3 heterocycles. The van der Waals surface area contributed by atoms with Gasteiger partial charge in [0.25, 0.3) is 0 Å². The van der Waals surface area contributed by atoms with Crippen molar-refractivity contribution in [2.24, 2.45) is 5.92 Å². The predicted octanol–water partition coefficient (Wildman–Crippen LogP) is 0.941. The Kier molecular flexibility index (Phi) is 8.00. The Morgan fingerprint density at radius 2 is 2.03 bits per heavy atom. The summed E-state index contributed by atoms with van der Waals surface area (Å²) >= 11 is 0. The van der Waals surface area contributed by atoms with Gasteiger partial charge in [0, 0.05) is 52.1 Å². The summed E-state index contributed by atoms with van der Waals surface area (Å²) < 4.78 is 10.6. The van der Waals surface area contributed by atoms with Gasteiger partial charge >= 0.3 is 0 Å². The lowest BCUT2D eigenvalue weighted by molar-refractivity contribution is -0.143. The van der Waals surface area contributed by atoms with Gasteiger partial charge in [-0.15, -0.1) is 0 Å². The molecule has 2 saturated heterocycles. The molecule has 9 heteroatoms. The van der Waals surface area contributed by atoms with Gasteiger partial charge in [-0.25, -0.2) is 0 Å². The van der Waals surface area contributed by atoms with Crippen molar-refractivity contribution in [3.8, 4) is 0 Å². The summed E-state index contributed by atoms with van der Waals surface area (Å²) in [6, 6.07) is 0. The first kappa shape index (κ1) is 21.7. The van der Waals surface area contributed by atoms with E-state index < -0.39 is 0 Å². The Morgan fingerprint density at radius 1 is 1.24 bits per heavy atom. The van der Waals surface area contributed by atoms with Gasteiger partial charge in [0.15, 0.2) is 5.82 Å². The molecular formula is C20H33N5O4. The molecule has 2 amide bonds. The van der Waals surface area contributed by atoms with Crippen molar-refractivity contribution in [2.75, 3.05) is 52.5 Å². The summed E-state index contributed by atoms with van der Waals surface area (Å²) in [7, 11) is 0. The van der Waals surface area contributed by atoms with Gasteiger partial charge < -0.3 is 19.1 Å². The van der Waals surface area contributed by atoms with Crippen LogP contribution in [-0.2, 0) is 27.3 Å². The van der Waals surface area contributed by atoms with Crippen LogP contribution in [0.5, 0.6) is 0 Å². The number of aryl methyl sites for hydroxylation is 1. The Labute approximate surface area is 172 Å². The molecular weight excluding hydrogens is 374 g/mol. The minimum absolute atomic E-state index is 0.0643. The predicted molar refractivity (Wildman–Crippen MR) is 106 cm³/mol. The molecule has 0 N–H and O–H groups in total. The maximum absolute atomic E-state index is 13.1. The van der Waals surface area contributed by atoms with Crippen molar-refractivity contribution in [1.82, 2.24) is 24.8 Å². The second kappa shape index (κ2) is 10.7. The first-order valence-electron chi connectivity index (χ1n) is 10.8. The maximum atomic E-state index is 13.1. The summed E-state index contributed by atoms with van der Waals surface area (Å²) in [5, 5.41) is 3.90. The van der Waals surface area contributed by atoms with Crippen LogP contribution in [0.25, 0.3) is 0 Å². The summed E-state index contributed by atoms with van der Waals surface area (Å²) in [6.45, 7) is 10.4. The first-order valence-corrected chi connectivity index (χ1v) is 10.8. The SMILES string of the molecule is CCc1noc(CN(CC)C(=O)C2CCC(=O)N(CCCN3CCOCC3)C2)n1. The zero-order chi connectivity index (χ0) is 20.6. The van der Waals surface area contributed by atoms with Crippen LogP contribution >= 0.6 is 0 Å². The average molecular weight is 408 g/mol. The van der Waals surface area contributed by atoms with E-state index in [-0.39, 0.29) is 17.7 Å². The maximum Gasteiger partial charge on any atom is 0.246 e. The fraction of sp³-hybridized carbons (Fsp3) is 0.800. The lowest BCUT2D eigenvalue weighted by atomic mass is 9.95. The van der Waals surface area contributed by atoms with Gasteiger partial charge in [-0.1, -0.05) is 12.1 Å². The van der Waals surface area contributed by atoms with E-state index in [9.17, 15) is 9.59 Å². The standard InChI is InChI=1S/C20H33N5O4/c1-3-17-21-18(29-22-17)15-24(4-2)20(27)16-6-7-19(26)25(14-16)9-5-8-23-10-12-28-13-11-23/h16H,3-15H2,1-2H3. The van der Waals surface area contributed by atoms with Crippen LogP contribution in [-0.4, -0.2) is 89.1 Å². The van der Waals surface area contributed by atoms with Crippen LogP contribution in [0.15, 0.2) is 4.52 Å². The van der Waals surface area contributed by atoms with Gasteiger partial charge in [-0.3, -0.25) is 14.5 Å². The largest absolute Gasteiger partial charge is 0.379 e. The molecule has 0 bridgehead atoms. The van der Waals surface area contributed by atoms with Crippen LogP contribution in [0.4, 0.5) is 0 Å². The summed E-state index contributed by atoms with van der Waals surface area (Å²) in [5.41, 5.74) is 0. The molecule has 2 aliphatic rings. The zero-order valence-electron chi connectivity index (χ0n) is 17.6. The number of piperidine rings is 1. The van der Waals surface area contributed by atoms with Gasteiger partial charge in [0.05, 0.1) is 25.7 Å². The molecule has 1 aromatic rings. The second-order valence-corrected chi connectivity index (χ2v) is 7.69. The van der Waals surface area contributed by atoms with E-state index in [1.807, 2.05) is 18.7 Å². The minimum Gasteiger partial charge on any atom is -0.379 e. The average Bonchev–Trinajstić information content (AvgIpc) is 3.21. The van der Waals surface area contributed by atoms with Gasteiger partial charge in [-0.2, -0.15) is 4.98 Å². The molecule has 9 nitrogen and oxygen atoms in total. The minimum atomic E-state index is -0.162. The molecule has 0 aliphatic carbocycles. The summed E-state index contributed by atoms with van der Waals surface area (Å²) in [5.74, 6) is 1.17. The molecule has 0 spiro atoms. The van der Waals surface area contributed by atoms with Gasteiger partial charge in [0.2, 0.25) is 17.7 Å². The third kappa shape index (κ3) is 5.99. The lowest BCUT2D eigenvalue weighted by Gasteiger charge is -2.35. The Bertz CT molecular complexity index is 674. The molecule has 1 aromatic heterocycles. The Balaban J connectivity index is 1.50. The van der Waals surface area contributed by atoms with Crippen molar-refractivity contribution in [1.29, 1.82) is 0 Å². The number of ether oxygens (including phenoxy) is 1. The highest BCUT2D eigenvalue weighted by Gasteiger charge is 2.32. The third-order valence-corrected chi connectivity index (χ3v) is 5.70. The summed E-state index contributed by atoms with van der Waals surface area (Å²) in [6.07, 6.45) is 2.67. The Hall–Kier alpha value is -2.00. The topological polar surface area (TPSA) is 92.0 Å². The van der Waals surface area contributed by atoms with E-state index in [4.69, 9.17) is 9.26 Å². The number of amides is 2. The van der Waals surface area contributed by atoms with Crippen molar-refractivity contribution < 1.29 is 18.8 Å². The van der Waals surface area contributed by atoms with Crippen molar-refractivity contribution in [2.45, 2.75) is 46.1 Å². The van der Waals surface area contributed by atoms with Gasteiger partial charge in [-0.05, 0) is 19.8 Å². The number of rotatable bonds is 9. The molecule has 29 heavy (non-hydrogen) atoms. The van der Waals surface area contributed by atoms with E-state index in [2.05, 4.69) is 15.0 Å². The number of carbonyl (C=O) groups excluding carboxylic acids is 2. The van der Waals surface area contributed by atoms with Gasteiger partial charge in [0.1, 0.15) is 0 Å². The van der Waals surface area contributed by atoms with Crippen LogP contribution in [0.3, 0.4) is 0 Å². The normalized spacial score (nSPS) is 20.8. The van der Waals surface area contributed by atoms with Crippen molar-refractivity contribution in [3.05, 3.63) is 11.7 Å². The van der Waals surface area contributed by atoms with Crippen molar-refractivity contribution >= 4 is 11.8 Å². The molecule has 0 saturated carbocycles. The highest BCUT2D eigenvalue weighted by molar-refractivity contribution is 5.83. The smallest absolute Gasteiger partial charge is 0.246 e. The molecule has 2 fully saturated rings. The monoisotopic (exact) mass is 407 g/mol. The molecule has 0 aromatic carbocycles. The van der Waals surface area contributed by atoms with E-state index in [0.717, 1.165) is 39.3 Å². The molecule has 1 unspecified atom stereocenters. The van der Waals surface area contributed by atoms with E-state index in [1.165, 1.54) is 0 Å². The number of hydrogen-bond acceptors (Lipinski definition) is 7. The van der Waals surface area contributed by atoms with Crippen LogP contribution in [0.2, 0.25) is 0 Å². The van der Waals surface area contributed by atoms with E-state index >= 15 is 0 Å². The molecule has 1 atom stereocenters. The number of morpholine rings is 1. The highest BCUT2D eigenvalue weighted by atomic mass is 16.5. The summed E-state index contributed by atoms with van der Waals surface area (Å²) in [4.78, 5) is 35.7. The quantitative estimate of drug-likeness (QED) is 0.602. The number of carbonyl (C=O) groups is 2. The highest BCUT2D eigenvalue weighted by Crippen LogP contribution is 2.21. The fourth-order valence-electron chi connectivity index (χ4n) is 3.91. The number of nitrogens with zero attached hydrogens (tertiary/aromatic N) is 5. The molecule has 3 rings (SSSR count). The number of aromatic nitrogens is 2. The Morgan fingerprint density at radius 3 is 2.72 bits per heavy atom. The van der Waals surface area contributed by atoms with E-state index in [0.29, 0.717) is 57.2 Å². The third-order valence-electron chi connectivity index (χ3n) is 5.70.